The van der Waals surface area contributed by atoms with Gasteiger partial charge in [-0.2, -0.15) is 13.2 Å². The summed E-state index contributed by atoms with van der Waals surface area (Å²) in [5, 5.41) is 8.57. The van der Waals surface area contributed by atoms with E-state index in [1.807, 2.05) is 0 Å². The van der Waals surface area contributed by atoms with Crippen LogP contribution in [-0.4, -0.2) is 33.2 Å². The SMILES string of the molecule is CC(O)(C#[C][AlH2])C(F)(F)F. The van der Waals surface area contributed by atoms with Crippen molar-refractivity contribution in [2.45, 2.75) is 18.7 Å². The largest absolute Gasteiger partial charge is 0.428 e. The lowest BCUT2D eigenvalue weighted by molar-refractivity contribution is -0.228. The van der Waals surface area contributed by atoms with Crippen LogP contribution in [0.4, 0.5) is 13.2 Å². The first-order valence-electron chi connectivity index (χ1n) is 2.54. The molecule has 0 rings (SSSR count). The first-order chi connectivity index (χ1) is 4.31. The minimum absolute atomic E-state index is 0.332. The van der Waals surface area contributed by atoms with Crippen LogP contribution < -0.4 is 0 Å². The van der Waals surface area contributed by atoms with Crippen molar-refractivity contribution in [2.75, 3.05) is 0 Å². The minimum Gasteiger partial charge on any atom is -0.370 e. The summed E-state index contributed by atoms with van der Waals surface area (Å²) in [6, 6.07) is 0. The molecule has 0 aliphatic carbocycles. The first kappa shape index (κ1) is 9.84. The number of aliphatic hydroxyl groups is 1. The fourth-order valence-electron chi connectivity index (χ4n) is 0.314. The maximum atomic E-state index is 11.7. The molecule has 0 radical (unpaired) electrons. The van der Waals surface area contributed by atoms with Crippen molar-refractivity contribution in [3.05, 3.63) is 0 Å². The third-order valence-electron chi connectivity index (χ3n) is 0.920. The highest BCUT2D eigenvalue weighted by atomic mass is 27.0. The Kier molecular flexibility index (Phi) is 2.79. The molecule has 0 aliphatic heterocycles. The van der Waals surface area contributed by atoms with Crippen molar-refractivity contribution in [2.24, 2.45) is 0 Å². The summed E-state index contributed by atoms with van der Waals surface area (Å²) >= 11 is 0.332. The molecule has 10 heavy (non-hydrogen) atoms. The number of hydrogen-bond donors (Lipinski definition) is 1. The van der Waals surface area contributed by atoms with Crippen LogP contribution in [-0.2, 0) is 0 Å². The molecule has 0 bridgehead atoms. The summed E-state index contributed by atoms with van der Waals surface area (Å²) in [6.45, 7) is 0.637. The normalized spacial score (nSPS) is 16.9. The van der Waals surface area contributed by atoms with E-state index in [0.29, 0.717) is 23.2 Å². The van der Waals surface area contributed by atoms with E-state index >= 15 is 0 Å². The fraction of sp³-hybridized carbons (Fsp3) is 0.600. The van der Waals surface area contributed by atoms with E-state index in [2.05, 4.69) is 4.78 Å². The van der Waals surface area contributed by atoms with Gasteiger partial charge in [0, 0.05) is 0 Å². The lowest BCUT2D eigenvalue weighted by atomic mass is 10.1. The molecule has 0 heterocycles. The van der Waals surface area contributed by atoms with Crippen molar-refractivity contribution < 1.29 is 18.3 Å². The van der Waals surface area contributed by atoms with E-state index in [4.69, 9.17) is 5.11 Å². The second-order valence-electron chi connectivity index (χ2n) is 1.94. The minimum atomic E-state index is -4.65. The molecule has 56 valence electrons. The number of rotatable bonds is 0. The fourth-order valence-corrected chi connectivity index (χ4v) is 0.801. The summed E-state index contributed by atoms with van der Waals surface area (Å²) in [5.41, 5.74) is -2.84. The highest BCUT2D eigenvalue weighted by molar-refractivity contribution is 6.22. The van der Waals surface area contributed by atoms with Gasteiger partial charge in [0.05, 0.1) is 0 Å². The molecule has 1 nitrogen and oxygen atoms in total. The predicted octanol–water partition coefficient (Wildman–Crippen LogP) is -0.106. The van der Waals surface area contributed by atoms with Crippen LogP contribution in [0, 0.1) is 10.7 Å². The van der Waals surface area contributed by atoms with E-state index in [1.54, 1.807) is 5.92 Å². The Balaban J connectivity index is 4.51. The van der Waals surface area contributed by atoms with Gasteiger partial charge >= 0.3 is 22.5 Å². The zero-order valence-electron chi connectivity index (χ0n) is 5.58. The van der Waals surface area contributed by atoms with Gasteiger partial charge in [0.1, 0.15) is 0 Å². The van der Waals surface area contributed by atoms with E-state index in [1.165, 1.54) is 0 Å². The number of halogens is 3. The molecule has 5 heteroatoms. The van der Waals surface area contributed by atoms with Gasteiger partial charge in [-0.15, -0.1) is 0 Å². The van der Waals surface area contributed by atoms with Crippen LogP contribution in [0.25, 0.3) is 0 Å². The van der Waals surface area contributed by atoms with Crippen molar-refractivity contribution in [3.8, 4) is 10.7 Å². The molecule has 0 aromatic heterocycles. The van der Waals surface area contributed by atoms with E-state index < -0.39 is 11.8 Å². The molecule has 0 saturated heterocycles. The van der Waals surface area contributed by atoms with Crippen molar-refractivity contribution in [3.63, 3.8) is 0 Å². The Morgan fingerprint density at radius 1 is 1.40 bits per heavy atom. The Bertz CT molecular complexity index is 174. The monoisotopic (exact) mass is 166 g/mol. The molecule has 1 unspecified atom stereocenters. The van der Waals surface area contributed by atoms with E-state index in [9.17, 15) is 13.2 Å². The third-order valence-corrected chi connectivity index (χ3v) is 1.17. The average molecular weight is 166 g/mol. The van der Waals surface area contributed by atoms with Gasteiger partial charge in [-0.3, -0.25) is 0 Å². The highest BCUT2D eigenvalue weighted by Gasteiger charge is 2.48. The molecule has 0 spiro atoms. The lowest BCUT2D eigenvalue weighted by Crippen LogP contribution is -2.40. The standard InChI is InChI=1S/C5H4F3O.Al.2H/c1-3-4(2,9)5(6,7)8;;;/h9H,2H3;;;. The average Bonchev–Trinajstić information content (AvgIpc) is 1.61. The zero-order valence-corrected chi connectivity index (χ0v) is 7.58. The molecule has 0 saturated carbocycles. The summed E-state index contributed by atoms with van der Waals surface area (Å²) in [6.07, 6.45) is -4.65. The highest BCUT2D eigenvalue weighted by Crippen LogP contribution is 2.28. The Hall–Kier alpha value is -0.158. The summed E-state index contributed by atoms with van der Waals surface area (Å²) in [4.78, 5) is 2.13. The molecule has 0 aliphatic rings. The molecule has 0 fully saturated rings. The maximum Gasteiger partial charge on any atom is 0.428 e. The van der Waals surface area contributed by atoms with Crippen LogP contribution in [0.1, 0.15) is 6.92 Å². The molecule has 0 amide bonds. The Labute approximate surface area is 64.7 Å². The van der Waals surface area contributed by atoms with E-state index in [0.717, 1.165) is 0 Å². The summed E-state index contributed by atoms with van der Waals surface area (Å²) < 4.78 is 35.1. The predicted molar refractivity (Wildman–Crippen MR) is 33.0 cm³/mol. The van der Waals surface area contributed by atoms with Crippen molar-refractivity contribution >= 4 is 16.3 Å². The van der Waals surface area contributed by atoms with Crippen LogP contribution in [0.5, 0.6) is 0 Å². The van der Waals surface area contributed by atoms with Gasteiger partial charge in [-0.1, -0.05) is 5.92 Å². The van der Waals surface area contributed by atoms with Crippen LogP contribution in [0.3, 0.4) is 0 Å². The van der Waals surface area contributed by atoms with Crippen LogP contribution in [0.2, 0.25) is 0 Å². The quantitative estimate of drug-likeness (QED) is 0.393. The van der Waals surface area contributed by atoms with E-state index in [-0.39, 0.29) is 0 Å². The smallest absolute Gasteiger partial charge is 0.370 e. The number of alkyl halides is 3. The molecule has 0 aromatic rings. The number of hydrogen-bond acceptors (Lipinski definition) is 1. The topological polar surface area (TPSA) is 20.2 Å². The Morgan fingerprint density at radius 2 is 1.80 bits per heavy atom. The van der Waals surface area contributed by atoms with Crippen molar-refractivity contribution in [1.82, 2.24) is 0 Å². The van der Waals surface area contributed by atoms with Gasteiger partial charge in [0.25, 0.3) is 0 Å². The molecule has 1 atom stereocenters. The van der Waals surface area contributed by atoms with Crippen molar-refractivity contribution in [1.29, 1.82) is 0 Å². The maximum absolute atomic E-state index is 11.7. The molecule has 0 aromatic carbocycles. The summed E-state index contributed by atoms with van der Waals surface area (Å²) in [7, 11) is 0. The first-order valence-corrected chi connectivity index (χ1v) is 3.54. The molecular weight excluding hydrogens is 160 g/mol. The third kappa shape index (κ3) is 2.23. The van der Waals surface area contributed by atoms with Gasteiger partial charge in [-0.05, 0) is 6.92 Å². The Morgan fingerprint density at radius 3 is 1.90 bits per heavy atom. The van der Waals surface area contributed by atoms with Crippen LogP contribution in [0.15, 0.2) is 0 Å². The molecule has 1 N–H and O–H groups in total. The summed E-state index contributed by atoms with van der Waals surface area (Å²) in [5.74, 6) is 1.70. The van der Waals surface area contributed by atoms with Crippen LogP contribution >= 0.6 is 0 Å². The second-order valence-corrected chi connectivity index (χ2v) is 2.44. The molecular formula is C5H6AlF3O. The zero-order chi connectivity index (χ0) is 8.41. The van der Waals surface area contributed by atoms with Gasteiger partial charge in [-0.25, -0.2) is 4.78 Å². The van der Waals surface area contributed by atoms with Gasteiger partial charge < -0.3 is 5.11 Å². The van der Waals surface area contributed by atoms with Gasteiger partial charge in [0.15, 0.2) is 0 Å². The van der Waals surface area contributed by atoms with Gasteiger partial charge in [0.2, 0.25) is 5.60 Å². The second kappa shape index (κ2) is 2.84. The lowest BCUT2D eigenvalue weighted by Gasteiger charge is -2.19.